The van der Waals surface area contributed by atoms with Crippen LogP contribution in [0.3, 0.4) is 0 Å². The molecule has 1 aliphatic rings. The molecule has 1 amide bonds. The van der Waals surface area contributed by atoms with Crippen LogP contribution in [0, 0.1) is 17.8 Å². The van der Waals surface area contributed by atoms with Crippen LogP contribution in [-0.2, 0) is 4.79 Å². The molecule has 1 aromatic rings. The summed E-state index contributed by atoms with van der Waals surface area (Å²) in [6.45, 7) is 8.71. The van der Waals surface area contributed by atoms with E-state index in [1.807, 2.05) is 13.8 Å². The molecule has 7 nitrogen and oxygen atoms in total. The predicted octanol–water partition coefficient (Wildman–Crippen LogP) is 2.90. The second-order valence-corrected chi connectivity index (χ2v) is 7.77. The molecule has 0 aliphatic heterocycles. The number of aromatic amines is 1. The van der Waals surface area contributed by atoms with Crippen LogP contribution in [0.15, 0.2) is 10.9 Å². The van der Waals surface area contributed by atoms with Crippen LogP contribution >= 0.6 is 0 Å². The summed E-state index contributed by atoms with van der Waals surface area (Å²) >= 11 is 0. The Hall–Kier alpha value is -2.05. The normalized spacial score (nSPS) is 22.5. The number of amides is 1. The summed E-state index contributed by atoms with van der Waals surface area (Å²) in [5, 5.41) is 2.96. The number of rotatable bonds is 9. The van der Waals surface area contributed by atoms with E-state index in [0.717, 1.165) is 11.8 Å². The van der Waals surface area contributed by atoms with Gasteiger partial charge in [-0.25, -0.2) is 4.79 Å². The van der Waals surface area contributed by atoms with Crippen LogP contribution in [0.25, 0.3) is 0 Å². The molecule has 2 N–H and O–H groups in total. The quantitative estimate of drug-likeness (QED) is 0.688. The first-order chi connectivity index (χ1) is 12.9. The Morgan fingerprint density at radius 2 is 1.85 bits per heavy atom. The molecule has 0 spiro atoms. The van der Waals surface area contributed by atoms with Gasteiger partial charge in [0.1, 0.15) is 0 Å². The fourth-order valence-corrected chi connectivity index (χ4v) is 3.79. The number of hydrogen-bond donors (Lipinski definition) is 2. The molecule has 0 bridgehead atoms. The van der Waals surface area contributed by atoms with Crippen molar-refractivity contribution in [3.8, 4) is 11.8 Å². The first-order valence-corrected chi connectivity index (χ1v) is 10.1. The largest absolute Gasteiger partial charge is 0.476 e. The van der Waals surface area contributed by atoms with Gasteiger partial charge in [0.05, 0.1) is 12.2 Å². The van der Waals surface area contributed by atoms with Crippen LogP contribution in [-0.4, -0.2) is 35.1 Å². The summed E-state index contributed by atoms with van der Waals surface area (Å²) in [5.41, 5.74) is -0.568. The third-order valence-electron chi connectivity index (χ3n) is 5.15. The van der Waals surface area contributed by atoms with E-state index in [9.17, 15) is 9.59 Å². The molecule has 7 heteroatoms. The van der Waals surface area contributed by atoms with Crippen LogP contribution in [0.4, 0.5) is 0 Å². The van der Waals surface area contributed by atoms with Gasteiger partial charge >= 0.3 is 5.69 Å². The van der Waals surface area contributed by atoms with E-state index < -0.39 is 5.69 Å². The van der Waals surface area contributed by atoms with Crippen molar-refractivity contribution in [2.24, 2.45) is 17.8 Å². The van der Waals surface area contributed by atoms with Gasteiger partial charge in [0, 0.05) is 6.54 Å². The maximum Gasteiger partial charge on any atom is 0.351 e. The van der Waals surface area contributed by atoms with Crippen LogP contribution in [0.2, 0.25) is 0 Å². The summed E-state index contributed by atoms with van der Waals surface area (Å²) in [5.74, 6) is 2.22. The zero-order chi connectivity index (χ0) is 19.8. The fraction of sp³-hybridized carbons (Fsp3) is 0.750. The highest BCUT2D eigenvalue weighted by atomic mass is 16.5. The lowest BCUT2D eigenvalue weighted by molar-refractivity contribution is -0.123. The van der Waals surface area contributed by atoms with E-state index in [2.05, 4.69) is 29.1 Å². The molecule has 2 rings (SSSR count). The highest BCUT2D eigenvalue weighted by Gasteiger charge is 2.27. The van der Waals surface area contributed by atoms with Crippen molar-refractivity contribution in [3.63, 3.8) is 0 Å². The van der Waals surface area contributed by atoms with Crippen molar-refractivity contribution in [2.75, 3.05) is 13.2 Å². The zero-order valence-corrected chi connectivity index (χ0v) is 16.9. The van der Waals surface area contributed by atoms with E-state index in [0.29, 0.717) is 12.5 Å². The summed E-state index contributed by atoms with van der Waals surface area (Å²) < 4.78 is 10.8. The van der Waals surface area contributed by atoms with Gasteiger partial charge in [-0.3, -0.25) is 9.78 Å². The third kappa shape index (κ3) is 7.23. The maximum absolute atomic E-state index is 12.1. The van der Waals surface area contributed by atoms with Gasteiger partial charge in [-0.1, -0.05) is 26.7 Å². The molecule has 1 fully saturated rings. The first kappa shape index (κ1) is 21.3. The lowest BCUT2D eigenvalue weighted by atomic mass is 9.73. The molecular weight excluding hydrogens is 346 g/mol. The fourth-order valence-electron chi connectivity index (χ4n) is 3.79. The smallest absolute Gasteiger partial charge is 0.351 e. The lowest BCUT2D eigenvalue weighted by Gasteiger charge is -2.34. The Morgan fingerprint density at radius 1 is 1.22 bits per heavy atom. The van der Waals surface area contributed by atoms with Gasteiger partial charge in [-0.15, -0.1) is 0 Å². The molecule has 0 aromatic carbocycles. The number of aromatic nitrogens is 2. The molecular formula is C20H33N3O4. The number of carbonyl (C=O) groups is 1. The molecule has 0 radical (unpaired) electrons. The molecule has 1 aromatic heterocycles. The minimum Gasteiger partial charge on any atom is -0.476 e. The molecule has 0 saturated heterocycles. The molecule has 2 atom stereocenters. The third-order valence-corrected chi connectivity index (χ3v) is 5.15. The second kappa shape index (κ2) is 10.3. The van der Waals surface area contributed by atoms with E-state index in [4.69, 9.17) is 9.47 Å². The summed E-state index contributed by atoms with van der Waals surface area (Å²) in [7, 11) is 0. The molecule has 1 saturated carbocycles. The average molecular weight is 380 g/mol. The van der Waals surface area contributed by atoms with Crippen molar-refractivity contribution in [1.29, 1.82) is 0 Å². The van der Waals surface area contributed by atoms with Crippen molar-refractivity contribution in [3.05, 3.63) is 16.6 Å². The Morgan fingerprint density at radius 3 is 2.44 bits per heavy atom. The predicted molar refractivity (Wildman–Crippen MR) is 104 cm³/mol. The van der Waals surface area contributed by atoms with Crippen LogP contribution in [0.1, 0.15) is 59.8 Å². The highest BCUT2D eigenvalue weighted by molar-refractivity contribution is 5.77. The monoisotopic (exact) mass is 379 g/mol. The minimum atomic E-state index is -0.568. The number of H-pyrrole nitrogens is 1. The number of nitrogens with one attached hydrogen (secondary N) is 2. The molecule has 2 unspecified atom stereocenters. The van der Waals surface area contributed by atoms with Crippen LogP contribution < -0.4 is 20.5 Å². The molecule has 152 valence electrons. The lowest BCUT2D eigenvalue weighted by Crippen LogP contribution is -2.36. The zero-order valence-electron chi connectivity index (χ0n) is 16.9. The van der Waals surface area contributed by atoms with E-state index in [-0.39, 0.29) is 30.4 Å². The summed E-state index contributed by atoms with van der Waals surface area (Å²) in [6, 6.07) is 1.48. The van der Waals surface area contributed by atoms with E-state index in [1.54, 1.807) is 0 Å². The van der Waals surface area contributed by atoms with Crippen LogP contribution in [0.5, 0.6) is 11.8 Å². The summed E-state index contributed by atoms with van der Waals surface area (Å²) in [6.07, 6.45) is 6.00. The molecule has 1 aliphatic carbocycles. The Bertz CT molecular complexity index is 647. The Labute approximate surface area is 161 Å². The van der Waals surface area contributed by atoms with Gasteiger partial charge in [0.2, 0.25) is 11.8 Å². The van der Waals surface area contributed by atoms with Gasteiger partial charge in [0.25, 0.3) is 5.91 Å². The Kier molecular flexibility index (Phi) is 8.13. The SMILES string of the molecule is CCC1CC(CC)CC(CNC(=O)COc2cc(OC(C)C)[nH]c(=O)n2)C1. The van der Waals surface area contributed by atoms with Crippen molar-refractivity contribution >= 4 is 5.91 Å². The number of hydrogen-bond acceptors (Lipinski definition) is 5. The number of ether oxygens (including phenoxy) is 2. The highest BCUT2D eigenvalue weighted by Crippen LogP contribution is 2.36. The van der Waals surface area contributed by atoms with Gasteiger partial charge in [0.15, 0.2) is 6.61 Å². The van der Waals surface area contributed by atoms with Crippen molar-refractivity contribution < 1.29 is 14.3 Å². The van der Waals surface area contributed by atoms with Gasteiger partial charge in [-0.2, -0.15) is 4.98 Å². The van der Waals surface area contributed by atoms with E-state index in [1.165, 1.54) is 38.2 Å². The number of carbonyl (C=O) groups excluding carboxylic acids is 1. The van der Waals surface area contributed by atoms with Gasteiger partial charge < -0.3 is 14.8 Å². The standard InChI is InChI=1S/C20H33N3O4/c1-5-14-7-15(6-2)9-16(8-14)11-21-17(24)12-26-18-10-19(27-13(3)4)23-20(25)22-18/h10,13-16H,5-9,11-12H2,1-4H3,(H,21,24)(H,22,23,25). The minimum absolute atomic E-state index is 0.0827. The topological polar surface area (TPSA) is 93.3 Å². The molecule has 27 heavy (non-hydrogen) atoms. The van der Waals surface area contributed by atoms with Crippen molar-refractivity contribution in [2.45, 2.75) is 65.9 Å². The van der Waals surface area contributed by atoms with Gasteiger partial charge in [-0.05, 0) is 50.9 Å². The number of nitrogens with zero attached hydrogens (tertiary/aromatic N) is 1. The maximum atomic E-state index is 12.1. The first-order valence-electron chi connectivity index (χ1n) is 10.1. The molecule has 1 heterocycles. The van der Waals surface area contributed by atoms with E-state index >= 15 is 0 Å². The Balaban J connectivity index is 1.81. The second-order valence-electron chi connectivity index (χ2n) is 7.77. The van der Waals surface area contributed by atoms with Crippen molar-refractivity contribution in [1.82, 2.24) is 15.3 Å². The average Bonchev–Trinajstić information content (AvgIpc) is 2.63. The summed E-state index contributed by atoms with van der Waals surface area (Å²) in [4.78, 5) is 29.9.